The average Bonchev–Trinajstić information content (AvgIpc) is 2.71. The molecule has 2 aliphatic heterocycles. The number of carbonyl (C=O) groups is 1. The quantitative estimate of drug-likeness (QED) is 0.682. The zero-order valence-electron chi connectivity index (χ0n) is 7.49. The van der Waals surface area contributed by atoms with Crippen molar-refractivity contribution in [3.8, 4) is 0 Å². The Bertz CT molecular complexity index is 189. The molecule has 0 aliphatic carbocycles. The highest BCUT2D eigenvalue weighted by Crippen LogP contribution is 2.15. The van der Waals surface area contributed by atoms with Crippen molar-refractivity contribution in [2.45, 2.75) is 6.04 Å². The highest BCUT2D eigenvalue weighted by atomic mass is 32.2. The summed E-state index contributed by atoms with van der Waals surface area (Å²) in [5.41, 5.74) is 0. The van der Waals surface area contributed by atoms with Gasteiger partial charge in [-0.15, -0.1) is 11.8 Å². The Kier molecular flexibility index (Phi) is 3.40. The first-order valence-electron chi connectivity index (χ1n) is 4.55. The summed E-state index contributed by atoms with van der Waals surface area (Å²) in [7, 11) is 0. The maximum absolute atomic E-state index is 11.8. The van der Waals surface area contributed by atoms with Gasteiger partial charge < -0.3 is 4.90 Å². The van der Waals surface area contributed by atoms with Crippen LogP contribution in [0.15, 0.2) is 0 Å². The monoisotopic (exact) mass is 218 g/mol. The van der Waals surface area contributed by atoms with E-state index in [1.165, 1.54) is 0 Å². The van der Waals surface area contributed by atoms with Crippen molar-refractivity contribution in [2.24, 2.45) is 0 Å². The number of nitrogens with one attached hydrogen (secondary N) is 1. The van der Waals surface area contributed by atoms with Gasteiger partial charge in [-0.05, 0) is 0 Å². The molecule has 2 saturated heterocycles. The third kappa shape index (κ3) is 2.33. The first kappa shape index (κ1) is 9.68. The summed E-state index contributed by atoms with van der Waals surface area (Å²) >= 11 is 3.75. The summed E-state index contributed by atoms with van der Waals surface area (Å²) in [6.45, 7) is 1.87. The lowest BCUT2D eigenvalue weighted by atomic mass is 10.3. The molecule has 0 bridgehead atoms. The van der Waals surface area contributed by atoms with Crippen LogP contribution in [0.1, 0.15) is 0 Å². The number of hydrogen-bond donors (Lipinski definition) is 1. The van der Waals surface area contributed by atoms with Gasteiger partial charge in [0.2, 0.25) is 5.91 Å². The highest BCUT2D eigenvalue weighted by molar-refractivity contribution is 7.99. The molecule has 1 amide bonds. The molecule has 1 atom stereocenters. The molecule has 0 aromatic rings. The van der Waals surface area contributed by atoms with Crippen molar-refractivity contribution in [2.75, 3.05) is 36.2 Å². The fourth-order valence-electron chi connectivity index (χ4n) is 1.56. The molecular formula is C8H14N2OS2. The zero-order chi connectivity index (χ0) is 9.10. The molecule has 3 nitrogen and oxygen atoms in total. The van der Waals surface area contributed by atoms with E-state index in [4.69, 9.17) is 0 Å². The molecule has 0 aromatic heterocycles. The van der Waals surface area contributed by atoms with Gasteiger partial charge >= 0.3 is 0 Å². The molecule has 13 heavy (non-hydrogen) atoms. The van der Waals surface area contributed by atoms with Crippen molar-refractivity contribution in [3.63, 3.8) is 0 Å². The lowest BCUT2D eigenvalue weighted by molar-refractivity contribution is -0.132. The Morgan fingerprint density at radius 3 is 2.69 bits per heavy atom. The second-order valence-corrected chi connectivity index (χ2v) is 5.46. The van der Waals surface area contributed by atoms with Gasteiger partial charge in [-0.1, -0.05) is 0 Å². The van der Waals surface area contributed by atoms with E-state index in [1.54, 1.807) is 0 Å². The molecule has 74 valence electrons. The van der Waals surface area contributed by atoms with E-state index < -0.39 is 0 Å². The fraction of sp³-hybridized carbons (Fsp3) is 0.875. The van der Waals surface area contributed by atoms with Crippen LogP contribution in [-0.2, 0) is 4.79 Å². The van der Waals surface area contributed by atoms with E-state index in [1.807, 2.05) is 28.4 Å². The summed E-state index contributed by atoms with van der Waals surface area (Å²) in [6.07, 6.45) is 0. The number of hydrogen-bond acceptors (Lipinski definition) is 4. The van der Waals surface area contributed by atoms with Crippen LogP contribution in [0.2, 0.25) is 0 Å². The van der Waals surface area contributed by atoms with Crippen molar-refractivity contribution >= 4 is 29.4 Å². The molecule has 2 heterocycles. The van der Waals surface area contributed by atoms with Gasteiger partial charge in [0.1, 0.15) is 0 Å². The predicted octanol–water partition coefficient (Wildman–Crippen LogP) is 0.224. The third-order valence-corrected chi connectivity index (χ3v) is 4.22. The molecule has 0 spiro atoms. The van der Waals surface area contributed by atoms with Crippen LogP contribution in [0.3, 0.4) is 0 Å². The van der Waals surface area contributed by atoms with Crippen LogP contribution >= 0.6 is 23.5 Å². The first-order chi connectivity index (χ1) is 6.38. The zero-order valence-corrected chi connectivity index (χ0v) is 9.12. The molecule has 1 unspecified atom stereocenters. The van der Waals surface area contributed by atoms with Gasteiger partial charge in [-0.2, -0.15) is 11.8 Å². The van der Waals surface area contributed by atoms with E-state index in [9.17, 15) is 4.79 Å². The molecule has 0 radical (unpaired) electrons. The minimum Gasteiger partial charge on any atom is -0.340 e. The van der Waals surface area contributed by atoms with Crippen LogP contribution in [0.4, 0.5) is 0 Å². The second-order valence-electron chi connectivity index (χ2n) is 3.21. The van der Waals surface area contributed by atoms with Crippen molar-refractivity contribution in [1.29, 1.82) is 0 Å². The fourth-order valence-corrected chi connectivity index (χ4v) is 3.39. The van der Waals surface area contributed by atoms with E-state index in [0.717, 1.165) is 36.2 Å². The first-order valence-corrected chi connectivity index (χ1v) is 6.86. The number of thioether (sulfide) groups is 2. The molecule has 5 heteroatoms. The van der Waals surface area contributed by atoms with Crippen LogP contribution < -0.4 is 5.32 Å². The van der Waals surface area contributed by atoms with Crippen molar-refractivity contribution in [1.82, 2.24) is 10.2 Å². The smallest absolute Gasteiger partial charge is 0.240 e. The number of amides is 1. The van der Waals surface area contributed by atoms with E-state index >= 15 is 0 Å². The minimum atomic E-state index is 0.0908. The van der Waals surface area contributed by atoms with Crippen LogP contribution in [0.5, 0.6) is 0 Å². The Balaban J connectivity index is 1.87. The summed E-state index contributed by atoms with van der Waals surface area (Å²) in [4.78, 5) is 13.8. The number of carbonyl (C=O) groups excluding carboxylic acids is 1. The minimum absolute atomic E-state index is 0.0908. The average molecular weight is 218 g/mol. The Hall–Kier alpha value is 0.130. The van der Waals surface area contributed by atoms with Crippen LogP contribution in [0, 0.1) is 0 Å². The Morgan fingerprint density at radius 2 is 2.08 bits per heavy atom. The largest absolute Gasteiger partial charge is 0.340 e. The summed E-state index contributed by atoms with van der Waals surface area (Å²) < 4.78 is 0. The molecule has 2 rings (SSSR count). The SMILES string of the molecule is O=C(C1CSCN1)N1CCSCC1. The van der Waals surface area contributed by atoms with Gasteiger partial charge in [-0.3, -0.25) is 10.1 Å². The molecule has 2 fully saturated rings. The predicted molar refractivity (Wildman–Crippen MR) is 58.2 cm³/mol. The van der Waals surface area contributed by atoms with Gasteiger partial charge in [0.05, 0.1) is 6.04 Å². The Morgan fingerprint density at radius 1 is 1.31 bits per heavy atom. The van der Waals surface area contributed by atoms with Crippen LogP contribution in [-0.4, -0.2) is 53.1 Å². The topological polar surface area (TPSA) is 32.3 Å². The standard InChI is InChI=1S/C8H14N2OS2/c11-8(7-5-13-6-9-7)10-1-3-12-4-2-10/h7,9H,1-6H2. The molecule has 0 aromatic carbocycles. The summed E-state index contributed by atoms with van der Waals surface area (Å²) in [6, 6.07) is 0.0908. The normalized spacial score (nSPS) is 29.2. The summed E-state index contributed by atoms with van der Waals surface area (Å²) in [5, 5.41) is 3.22. The van der Waals surface area contributed by atoms with Crippen molar-refractivity contribution in [3.05, 3.63) is 0 Å². The van der Waals surface area contributed by atoms with Gasteiger partial charge in [-0.25, -0.2) is 0 Å². The van der Waals surface area contributed by atoms with Crippen LogP contribution in [0.25, 0.3) is 0 Å². The van der Waals surface area contributed by atoms with Gasteiger partial charge in [0.25, 0.3) is 0 Å². The second kappa shape index (κ2) is 4.57. The maximum Gasteiger partial charge on any atom is 0.240 e. The Labute approximate surface area is 87.0 Å². The van der Waals surface area contributed by atoms with E-state index in [2.05, 4.69) is 5.32 Å². The van der Waals surface area contributed by atoms with E-state index in [-0.39, 0.29) is 6.04 Å². The molecular weight excluding hydrogens is 204 g/mol. The maximum atomic E-state index is 11.8. The lowest BCUT2D eigenvalue weighted by Gasteiger charge is -2.28. The van der Waals surface area contributed by atoms with E-state index in [0.29, 0.717) is 5.91 Å². The van der Waals surface area contributed by atoms with Gasteiger partial charge in [0.15, 0.2) is 0 Å². The third-order valence-electron chi connectivity index (χ3n) is 2.34. The van der Waals surface area contributed by atoms with Crippen molar-refractivity contribution < 1.29 is 4.79 Å². The summed E-state index contributed by atoms with van der Waals surface area (Å²) in [5.74, 6) is 4.39. The lowest BCUT2D eigenvalue weighted by Crippen LogP contribution is -2.47. The highest BCUT2D eigenvalue weighted by Gasteiger charge is 2.27. The van der Waals surface area contributed by atoms with Gasteiger partial charge in [0, 0.05) is 36.2 Å². The molecule has 0 saturated carbocycles. The molecule has 2 aliphatic rings. The number of nitrogens with zero attached hydrogens (tertiary/aromatic N) is 1. The molecule has 1 N–H and O–H groups in total. The number of rotatable bonds is 1.